The molecule has 0 unspecified atom stereocenters. The van der Waals surface area contributed by atoms with E-state index in [1.165, 1.54) is 4.68 Å². The lowest BCUT2D eigenvalue weighted by molar-refractivity contribution is -0.384. The normalized spacial score (nSPS) is 10.7. The monoisotopic (exact) mass is 312 g/mol. The molecule has 0 aliphatic rings. The lowest BCUT2D eigenvalue weighted by Crippen LogP contribution is -2.09. The number of aryl methyl sites for hydroxylation is 2. The Morgan fingerprint density at radius 2 is 2.09 bits per heavy atom. The highest BCUT2D eigenvalue weighted by atomic mass is 16.6. The maximum atomic E-state index is 11.2. The molecule has 3 aromatic rings. The molecule has 3 rings (SSSR count). The van der Waals surface area contributed by atoms with Gasteiger partial charge in [-0.1, -0.05) is 18.2 Å². The van der Waals surface area contributed by atoms with Gasteiger partial charge in [0, 0.05) is 26.0 Å². The van der Waals surface area contributed by atoms with Gasteiger partial charge in [-0.25, -0.2) is 9.36 Å². The van der Waals surface area contributed by atoms with E-state index in [1.54, 1.807) is 24.9 Å². The van der Waals surface area contributed by atoms with Gasteiger partial charge in [-0.05, 0) is 24.6 Å². The highest BCUT2D eigenvalue weighted by Gasteiger charge is 2.23. The first kappa shape index (κ1) is 14.8. The molecule has 0 bridgehead atoms. The Bertz CT molecular complexity index is 838. The SMILES string of the molecule is Cc1nn(C)c(NCc2ccccc2-n2cccn2)c1[N+](=O)[O-]. The lowest BCUT2D eigenvalue weighted by Gasteiger charge is -2.11. The van der Waals surface area contributed by atoms with Crippen molar-refractivity contribution in [3.8, 4) is 5.69 Å². The zero-order valence-corrected chi connectivity index (χ0v) is 12.8. The summed E-state index contributed by atoms with van der Waals surface area (Å²) in [4.78, 5) is 10.8. The molecule has 2 heterocycles. The smallest absolute Gasteiger partial charge is 0.333 e. The number of nitro groups is 1. The Morgan fingerprint density at radius 1 is 1.30 bits per heavy atom. The van der Waals surface area contributed by atoms with Crippen LogP contribution in [0.25, 0.3) is 5.69 Å². The molecule has 0 saturated heterocycles. The maximum Gasteiger partial charge on any atom is 0.333 e. The molecule has 0 atom stereocenters. The van der Waals surface area contributed by atoms with Crippen LogP contribution in [0.3, 0.4) is 0 Å². The molecule has 118 valence electrons. The number of nitrogens with one attached hydrogen (secondary N) is 1. The predicted molar refractivity (Wildman–Crippen MR) is 85.5 cm³/mol. The third-order valence-electron chi connectivity index (χ3n) is 3.56. The second-order valence-corrected chi connectivity index (χ2v) is 5.10. The molecule has 0 aliphatic carbocycles. The molecule has 0 spiro atoms. The minimum Gasteiger partial charge on any atom is -0.360 e. The summed E-state index contributed by atoms with van der Waals surface area (Å²) in [5.74, 6) is 0.391. The zero-order chi connectivity index (χ0) is 16.4. The lowest BCUT2D eigenvalue weighted by atomic mass is 10.2. The maximum absolute atomic E-state index is 11.2. The summed E-state index contributed by atoms with van der Waals surface area (Å²) in [5.41, 5.74) is 2.29. The van der Waals surface area contributed by atoms with Crippen molar-refractivity contribution in [1.82, 2.24) is 19.6 Å². The summed E-state index contributed by atoms with van der Waals surface area (Å²) in [6.45, 7) is 2.05. The third-order valence-corrected chi connectivity index (χ3v) is 3.56. The number of hydrogen-bond acceptors (Lipinski definition) is 5. The van der Waals surface area contributed by atoms with E-state index in [4.69, 9.17) is 0 Å². The Balaban J connectivity index is 1.90. The summed E-state index contributed by atoms with van der Waals surface area (Å²) >= 11 is 0. The summed E-state index contributed by atoms with van der Waals surface area (Å²) in [7, 11) is 1.68. The van der Waals surface area contributed by atoms with E-state index in [0.29, 0.717) is 18.1 Å². The number of hydrogen-bond donors (Lipinski definition) is 1. The van der Waals surface area contributed by atoms with E-state index in [1.807, 2.05) is 36.5 Å². The van der Waals surface area contributed by atoms with Crippen LogP contribution >= 0.6 is 0 Å². The zero-order valence-electron chi connectivity index (χ0n) is 12.8. The molecule has 1 aromatic carbocycles. The second kappa shape index (κ2) is 5.91. The van der Waals surface area contributed by atoms with Crippen molar-refractivity contribution in [1.29, 1.82) is 0 Å². The van der Waals surface area contributed by atoms with E-state index in [-0.39, 0.29) is 5.69 Å². The van der Waals surface area contributed by atoms with Crippen molar-refractivity contribution in [2.45, 2.75) is 13.5 Å². The van der Waals surface area contributed by atoms with Crippen LogP contribution in [0.5, 0.6) is 0 Å². The summed E-state index contributed by atoms with van der Waals surface area (Å²) in [6.07, 6.45) is 3.56. The Morgan fingerprint density at radius 3 is 2.78 bits per heavy atom. The molecule has 2 aromatic heterocycles. The van der Waals surface area contributed by atoms with Crippen LogP contribution in [-0.4, -0.2) is 24.5 Å². The minimum absolute atomic E-state index is 0.00377. The highest BCUT2D eigenvalue weighted by molar-refractivity contribution is 5.60. The number of rotatable bonds is 5. The fourth-order valence-corrected chi connectivity index (χ4v) is 2.54. The number of para-hydroxylation sites is 1. The van der Waals surface area contributed by atoms with E-state index in [2.05, 4.69) is 15.5 Å². The van der Waals surface area contributed by atoms with Crippen molar-refractivity contribution in [2.75, 3.05) is 5.32 Å². The fourth-order valence-electron chi connectivity index (χ4n) is 2.54. The molecule has 23 heavy (non-hydrogen) atoms. The van der Waals surface area contributed by atoms with E-state index >= 15 is 0 Å². The van der Waals surface area contributed by atoms with Crippen molar-refractivity contribution in [3.05, 3.63) is 64.1 Å². The summed E-state index contributed by atoms with van der Waals surface area (Å²) in [5, 5.41) is 22.7. The van der Waals surface area contributed by atoms with Crippen molar-refractivity contribution < 1.29 is 4.92 Å². The topological polar surface area (TPSA) is 90.8 Å². The van der Waals surface area contributed by atoms with Gasteiger partial charge in [-0.2, -0.15) is 10.2 Å². The van der Waals surface area contributed by atoms with E-state index < -0.39 is 4.92 Å². The third kappa shape index (κ3) is 2.78. The van der Waals surface area contributed by atoms with Gasteiger partial charge in [0.05, 0.1) is 10.6 Å². The number of nitrogens with zero attached hydrogens (tertiary/aromatic N) is 5. The minimum atomic E-state index is -0.413. The first-order chi connectivity index (χ1) is 11.1. The summed E-state index contributed by atoms with van der Waals surface area (Å²) in [6, 6.07) is 9.61. The molecular weight excluding hydrogens is 296 g/mol. The molecular formula is C15H16N6O2. The van der Waals surface area contributed by atoms with Crippen LogP contribution in [0.2, 0.25) is 0 Å². The molecule has 0 fully saturated rings. The van der Waals surface area contributed by atoms with E-state index in [0.717, 1.165) is 11.3 Å². The largest absolute Gasteiger partial charge is 0.360 e. The van der Waals surface area contributed by atoms with Gasteiger partial charge in [-0.15, -0.1) is 0 Å². The van der Waals surface area contributed by atoms with Gasteiger partial charge in [0.1, 0.15) is 5.69 Å². The number of benzene rings is 1. The predicted octanol–water partition coefficient (Wildman–Crippen LogP) is 2.43. The van der Waals surface area contributed by atoms with Crippen LogP contribution in [0.15, 0.2) is 42.7 Å². The molecule has 1 N–H and O–H groups in total. The van der Waals surface area contributed by atoms with Gasteiger partial charge in [0.25, 0.3) is 0 Å². The van der Waals surface area contributed by atoms with Crippen molar-refractivity contribution in [3.63, 3.8) is 0 Å². The average molecular weight is 312 g/mol. The first-order valence-corrected chi connectivity index (χ1v) is 7.07. The molecule has 0 saturated carbocycles. The van der Waals surface area contributed by atoms with Crippen LogP contribution in [0.4, 0.5) is 11.5 Å². The molecule has 0 amide bonds. The Labute approximate surface area is 132 Å². The molecule has 0 radical (unpaired) electrons. The second-order valence-electron chi connectivity index (χ2n) is 5.10. The first-order valence-electron chi connectivity index (χ1n) is 7.07. The molecule has 0 aliphatic heterocycles. The standard InChI is InChI=1S/C15H16N6O2/c1-11-14(21(22)23)15(19(2)18-11)16-10-12-6-3-4-7-13(12)20-9-5-8-17-20/h3-9,16H,10H2,1-2H3. The van der Waals surface area contributed by atoms with Crippen molar-refractivity contribution in [2.24, 2.45) is 7.05 Å². The summed E-state index contributed by atoms with van der Waals surface area (Å²) < 4.78 is 3.25. The number of anilines is 1. The quantitative estimate of drug-likeness (QED) is 0.577. The highest BCUT2D eigenvalue weighted by Crippen LogP contribution is 2.28. The Kier molecular flexibility index (Phi) is 3.80. The molecule has 8 nitrogen and oxygen atoms in total. The average Bonchev–Trinajstić information content (AvgIpc) is 3.13. The van der Waals surface area contributed by atoms with Gasteiger partial charge < -0.3 is 5.32 Å². The van der Waals surface area contributed by atoms with Crippen LogP contribution < -0.4 is 5.32 Å². The molecule has 8 heteroatoms. The Hall–Kier alpha value is -3.16. The van der Waals surface area contributed by atoms with Gasteiger partial charge in [0.2, 0.25) is 5.82 Å². The van der Waals surface area contributed by atoms with Crippen molar-refractivity contribution >= 4 is 11.5 Å². The number of aromatic nitrogens is 4. The van der Waals surface area contributed by atoms with Crippen LogP contribution in [-0.2, 0) is 13.6 Å². The van der Waals surface area contributed by atoms with E-state index in [9.17, 15) is 10.1 Å². The van der Waals surface area contributed by atoms with Gasteiger partial charge in [0.15, 0.2) is 0 Å². The van der Waals surface area contributed by atoms with Crippen LogP contribution in [0, 0.1) is 17.0 Å². The van der Waals surface area contributed by atoms with Gasteiger partial charge >= 0.3 is 5.69 Å². The van der Waals surface area contributed by atoms with Gasteiger partial charge in [-0.3, -0.25) is 10.1 Å². The fraction of sp³-hybridized carbons (Fsp3) is 0.200. The van der Waals surface area contributed by atoms with Crippen LogP contribution in [0.1, 0.15) is 11.3 Å².